The van der Waals surface area contributed by atoms with E-state index in [0.29, 0.717) is 16.5 Å². The second-order valence-electron chi connectivity index (χ2n) is 12.1. The number of nitrogens with zero attached hydrogens (tertiary/aromatic N) is 2. The number of hydrogen-bond acceptors (Lipinski definition) is 9. The molecule has 0 saturated heterocycles. The molecular weight excluding hydrogens is 622 g/mol. The number of primary amides is 1. The molecule has 0 fully saturated rings. The van der Waals surface area contributed by atoms with Gasteiger partial charge in [-0.05, 0) is 63.8 Å². The zero-order chi connectivity index (χ0) is 35.6. The van der Waals surface area contributed by atoms with Crippen LogP contribution in [0.15, 0.2) is 68.8 Å². The molecule has 3 aromatic rings. The number of aliphatic imine (C=N–C) groups is 1. The van der Waals surface area contributed by atoms with Gasteiger partial charge in [0.15, 0.2) is 5.96 Å². The quantitative estimate of drug-likeness (QED) is 0.0616. The predicted octanol–water partition coefficient (Wildman–Crippen LogP) is 0.955. The Morgan fingerprint density at radius 3 is 2.29 bits per heavy atom. The van der Waals surface area contributed by atoms with Crippen LogP contribution in [0, 0.1) is 6.92 Å². The van der Waals surface area contributed by atoms with Crippen molar-refractivity contribution in [1.82, 2.24) is 10.6 Å². The van der Waals surface area contributed by atoms with Gasteiger partial charge in [0, 0.05) is 36.2 Å². The van der Waals surface area contributed by atoms with Crippen LogP contribution in [0.2, 0.25) is 0 Å². The largest absolute Gasteiger partial charge is 0.444 e. The Bertz CT molecular complexity index is 1700. The summed E-state index contributed by atoms with van der Waals surface area (Å²) in [6.45, 7) is 5.95. The van der Waals surface area contributed by atoms with Gasteiger partial charge < -0.3 is 42.1 Å². The topological polar surface area (TPSA) is 246 Å². The molecule has 3 rings (SSSR count). The first kappa shape index (κ1) is 37.0. The average molecular weight is 666 g/mol. The molecule has 15 nitrogen and oxygen atoms in total. The number of aliphatic hydroxyl groups is 1. The smallest absolute Gasteiger partial charge is 0.408 e. The van der Waals surface area contributed by atoms with Crippen LogP contribution >= 0.6 is 0 Å². The van der Waals surface area contributed by atoms with Gasteiger partial charge in [-0.1, -0.05) is 30.3 Å². The first-order valence-electron chi connectivity index (χ1n) is 15.3. The molecule has 48 heavy (non-hydrogen) atoms. The number of ether oxygens (including phenoxy) is 1. The van der Waals surface area contributed by atoms with Gasteiger partial charge in [-0.2, -0.15) is 0 Å². The van der Waals surface area contributed by atoms with Crippen molar-refractivity contribution in [3.8, 4) is 0 Å². The fourth-order valence-corrected chi connectivity index (χ4v) is 4.95. The number of carbonyl (C=O) groups is 4. The third kappa shape index (κ3) is 10.6. The number of alkyl carbamates (subject to hydrolysis) is 1. The standard InChI is InChI=1S/C33H43N7O8/c1-19-15-27(42)47-26-17-21(12-13-22(19)26)40(25(28(34)43)11-8-14-37-31(35)36)30(45)24(18-41)38-29(44)23(16-20-9-6-5-7-10-20)39-32(46)48-33(2,3)4/h5-7,9-10,12-13,15,17,23-25,41H,8,11,14,16,18H2,1-4H3,(H2,34,43)(H,38,44)(H,39,46)(H4,35,36,37). The molecule has 0 radical (unpaired) electrons. The Morgan fingerprint density at radius 2 is 1.69 bits per heavy atom. The Labute approximate surface area is 277 Å². The summed E-state index contributed by atoms with van der Waals surface area (Å²) in [5.74, 6) is -2.76. The van der Waals surface area contributed by atoms with Gasteiger partial charge in [-0.15, -0.1) is 0 Å². The van der Waals surface area contributed by atoms with E-state index in [0.717, 1.165) is 4.90 Å². The molecule has 0 aliphatic rings. The summed E-state index contributed by atoms with van der Waals surface area (Å²) in [5.41, 5.74) is 16.7. The van der Waals surface area contributed by atoms with Crippen molar-refractivity contribution in [3.05, 3.63) is 76.1 Å². The molecule has 0 spiro atoms. The van der Waals surface area contributed by atoms with E-state index in [2.05, 4.69) is 15.6 Å². The lowest BCUT2D eigenvalue weighted by molar-refractivity contribution is -0.130. The van der Waals surface area contributed by atoms with Gasteiger partial charge in [0.25, 0.3) is 5.91 Å². The lowest BCUT2D eigenvalue weighted by atomic mass is 10.0. The second kappa shape index (κ2) is 16.4. The lowest BCUT2D eigenvalue weighted by Gasteiger charge is -2.33. The van der Waals surface area contributed by atoms with Crippen molar-refractivity contribution in [2.45, 2.75) is 70.7 Å². The Hall–Kier alpha value is -5.44. The maximum Gasteiger partial charge on any atom is 0.408 e. The minimum absolute atomic E-state index is 0.00339. The fraction of sp³-hybridized carbons (Fsp3) is 0.394. The van der Waals surface area contributed by atoms with Crippen molar-refractivity contribution >= 4 is 46.4 Å². The molecule has 2 aromatic carbocycles. The molecule has 0 saturated carbocycles. The van der Waals surface area contributed by atoms with E-state index in [1.165, 1.54) is 18.2 Å². The average Bonchev–Trinajstić information content (AvgIpc) is 2.99. The number of fused-ring (bicyclic) bond motifs is 1. The molecule has 258 valence electrons. The number of anilines is 1. The Morgan fingerprint density at radius 1 is 1.00 bits per heavy atom. The lowest BCUT2D eigenvalue weighted by Crippen LogP contribution is -2.59. The number of hydrogen-bond donors (Lipinski definition) is 6. The normalized spacial score (nSPS) is 13.1. The van der Waals surface area contributed by atoms with Gasteiger partial charge in [-0.25, -0.2) is 9.59 Å². The zero-order valence-corrected chi connectivity index (χ0v) is 27.4. The van der Waals surface area contributed by atoms with Gasteiger partial charge in [-0.3, -0.25) is 24.3 Å². The number of aliphatic hydroxyl groups excluding tert-OH is 1. The van der Waals surface area contributed by atoms with Crippen LogP contribution in [0.5, 0.6) is 0 Å². The highest BCUT2D eigenvalue weighted by Gasteiger charge is 2.36. The van der Waals surface area contributed by atoms with Crippen LogP contribution in [0.3, 0.4) is 0 Å². The number of carbonyl (C=O) groups excluding carboxylic acids is 4. The monoisotopic (exact) mass is 665 g/mol. The maximum atomic E-state index is 14.2. The van der Waals surface area contributed by atoms with Crippen LogP contribution in [0.4, 0.5) is 10.5 Å². The summed E-state index contributed by atoms with van der Waals surface area (Å²) in [4.78, 5) is 70.5. The van der Waals surface area contributed by atoms with Crippen LogP contribution in [0.1, 0.15) is 44.7 Å². The fourth-order valence-electron chi connectivity index (χ4n) is 4.95. The highest BCUT2D eigenvalue weighted by atomic mass is 16.6. The Kier molecular flexibility index (Phi) is 12.7. The van der Waals surface area contributed by atoms with Gasteiger partial charge in [0.1, 0.15) is 29.3 Å². The summed E-state index contributed by atoms with van der Waals surface area (Å²) in [5, 5.41) is 16.0. The van der Waals surface area contributed by atoms with Crippen molar-refractivity contribution < 1.29 is 33.4 Å². The van der Waals surface area contributed by atoms with Gasteiger partial charge in [0.05, 0.1) is 6.61 Å². The van der Waals surface area contributed by atoms with Crippen LogP contribution in [-0.4, -0.2) is 71.8 Å². The molecule has 1 aromatic heterocycles. The van der Waals surface area contributed by atoms with E-state index in [4.69, 9.17) is 26.4 Å². The number of benzene rings is 2. The van der Waals surface area contributed by atoms with Crippen LogP contribution in [0.25, 0.3) is 11.0 Å². The summed E-state index contributed by atoms with van der Waals surface area (Å²) in [6, 6.07) is 10.6. The van der Waals surface area contributed by atoms with E-state index < -0.39 is 59.8 Å². The van der Waals surface area contributed by atoms with Crippen LogP contribution < -0.4 is 38.4 Å². The Balaban J connectivity index is 2.01. The van der Waals surface area contributed by atoms with Crippen molar-refractivity contribution in [3.63, 3.8) is 0 Å². The molecule has 4 amide bonds. The zero-order valence-electron chi connectivity index (χ0n) is 27.4. The highest BCUT2D eigenvalue weighted by Crippen LogP contribution is 2.27. The van der Waals surface area contributed by atoms with E-state index in [-0.39, 0.29) is 43.0 Å². The molecular formula is C33H43N7O8. The number of nitrogens with two attached hydrogens (primary N) is 3. The molecule has 3 unspecified atom stereocenters. The first-order valence-corrected chi connectivity index (χ1v) is 15.3. The maximum absolute atomic E-state index is 14.2. The first-order chi connectivity index (χ1) is 22.6. The third-order valence-corrected chi connectivity index (χ3v) is 7.11. The molecule has 15 heteroatoms. The summed E-state index contributed by atoms with van der Waals surface area (Å²) in [6.07, 6.45) is -0.614. The SMILES string of the molecule is Cc1cc(=O)oc2cc(N(C(=O)C(CO)NC(=O)C(Cc3ccccc3)NC(=O)OC(C)(C)C)C(CCCN=C(N)N)C(N)=O)ccc12. The number of aryl methyl sites for hydroxylation is 1. The van der Waals surface area contributed by atoms with E-state index in [9.17, 15) is 29.1 Å². The number of rotatable bonds is 14. The van der Waals surface area contributed by atoms with Crippen LogP contribution in [-0.2, 0) is 25.5 Å². The molecule has 0 bridgehead atoms. The minimum Gasteiger partial charge on any atom is -0.444 e. The predicted molar refractivity (Wildman–Crippen MR) is 180 cm³/mol. The van der Waals surface area contributed by atoms with Crippen molar-refractivity contribution in [1.29, 1.82) is 0 Å². The molecule has 1 heterocycles. The highest BCUT2D eigenvalue weighted by molar-refractivity contribution is 6.05. The molecule has 3 atom stereocenters. The third-order valence-electron chi connectivity index (χ3n) is 7.11. The summed E-state index contributed by atoms with van der Waals surface area (Å²) < 4.78 is 10.7. The molecule has 0 aliphatic heterocycles. The van der Waals surface area contributed by atoms with E-state index in [1.54, 1.807) is 64.1 Å². The van der Waals surface area contributed by atoms with Gasteiger partial charge in [0.2, 0.25) is 11.8 Å². The molecule has 0 aliphatic carbocycles. The minimum atomic E-state index is -1.60. The molecule has 9 N–H and O–H groups in total. The van der Waals surface area contributed by atoms with E-state index in [1.807, 2.05) is 0 Å². The summed E-state index contributed by atoms with van der Waals surface area (Å²) >= 11 is 0. The second-order valence-corrected chi connectivity index (χ2v) is 12.1. The summed E-state index contributed by atoms with van der Waals surface area (Å²) in [7, 11) is 0. The number of guanidine groups is 1. The number of amides is 4. The van der Waals surface area contributed by atoms with Crippen molar-refractivity contribution in [2.75, 3.05) is 18.1 Å². The number of nitrogens with one attached hydrogen (secondary N) is 2. The van der Waals surface area contributed by atoms with Crippen molar-refractivity contribution in [2.24, 2.45) is 22.2 Å². The van der Waals surface area contributed by atoms with Gasteiger partial charge >= 0.3 is 11.7 Å². The van der Waals surface area contributed by atoms with E-state index >= 15 is 0 Å².